The Hall–Kier alpha value is -3.18. The second-order valence-corrected chi connectivity index (χ2v) is 11.4. The van der Waals surface area contributed by atoms with E-state index in [1.165, 1.54) is 0 Å². The molecule has 2 atom stereocenters. The van der Waals surface area contributed by atoms with Crippen LogP contribution in [0.1, 0.15) is 80.8 Å². The van der Waals surface area contributed by atoms with Crippen LogP contribution in [-0.2, 0) is 28.3 Å². The first-order valence-corrected chi connectivity index (χ1v) is 13.1. The second-order valence-electron chi connectivity index (χ2n) is 11.4. The van der Waals surface area contributed by atoms with Gasteiger partial charge in [-0.1, -0.05) is 45.0 Å². The van der Waals surface area contributed by atoms with Gasteiger partial charge in [0.15, 0.2) is 0 Å². The monoisotopic (exact) mass is 565 g/mol. The number of nitrogens with one attached hydrogen (secondary N) is 1. The predicted molar refractivity (Wildman–Crippen MR) is 136 cm³/mol. The lowest BCUT2D eigenvalue weighted by atomic mass is 9.74. The molecule has 0 amide bonds. The van der Waals surface area contributed by atoms with Gasteiger partial charge in [0.25, 0.3) is 0 Å². The highest BCUT2D eigenvalue weighted by Crippen LogP contribution is 2.38. The Balaban J connectivity index is 1.64. The van der Waals surface area contributed by atoms with E-state index in [1.54, 1.807) is 0 Å². The molecule has 1 saturated carbocycles. The molecule has 11 heteroatoms. The lowest BCUT2D eigenvalue weighted by Crippen LogP contribution is -2.49. The quantitative estimate of drug-likeness (QED) is 0.327. The summed E-state index contributed by atoms with van der Waals surface area (Å²) in [7, 11) is 0. The zero-order valence-corrected chi connectivity index (χ0v) is 22.5. The molecule has 40 heavy (non-hydrogen) atoms. The zero-order chi connectivity index (χ0) is 29.3. The van der Waals surface area contributed by atoms with E-state index in [1.807, 2.05) is 18.2 Å². The summed E-state index contributed by atoms with van der Waals surface area (Å²) in [5, 5.41) is 21.2. The minimum atomic E-state index is -4.90. The molecule has 0 aliphatic heterocycles. The molecule has 0 saturated heterocycles. The lowest BCUT2D eigenvalue weighted by molar-refractivity contribution is -0.157. The summed E-state index contributed by atoms with van der Waals surface area (Å²) in [6.07, 6.45) is -4.97. The number of rotatable bonds is 8. The summed E-state index contributed by atoms with van der Waals surface area (Å²) in [6, 6.07) is 10.7. The number of aliphatic hydroxyl groups excluding tert-OH is 1. The number of carbonyl (C=O) groups is 1. The molecule has 3 aromatic rings. The van der Waals surface area contributed by atoms with Gasteiger partial charge in [0.1, 0.15) is 17.4 Å². The van der Waals surface area contributed by atoms with E-state index in [0.717, 1.165) is 23.3 Å². The fourth-order valence-electron chi connectivity index (χ4n) is 5.12. The highest BCUT2D eigenvalue weighted by molar-refractivity contribution is 5.79. The van der Waals surface area contributed by atoms with E-state index in [-0.39, 0.29) is 29.7 Å². The summed E-state index contributed by atoms with van der Waals surface area (Å²) in [6.45, 7) is 6.12. The van der Waals surface area contributed by atoms with Crippen molar-refractivity contribution < 1.29 is 36.3 Å². The molecule has 1 aliphatic rings. The van der Waals surface area contributed by atoms with Gasteiger partial charge >= 0.3 is 12.1 Å². The maximum Gasteiger partial charge on any atom is 0.470 e. The third kappa shape index (κ3) is 6.93. The Morgan fingerprint density at radius 3 is 2.25 bits per heavy atom. The van der Waals surface area contributed by atoms with Crippen molar-refractivity contribution in [3.05, 3.63) is 82.6 Å². The van der Waals surface area contributed by atoms with Crippen molar-refractivity contribution in [2.24, 2.45) is 0 Å². The third-order valence-corrected chi connectivity index (χ3v) is 7.43. The van der Waals surface area contributed by atoms with Crippen LogP contribution >= 0.6 is 0 Å². The van der Waals surface area contributed by atoms with E-state index in [9.17, 15) is 31.9 Å². The number of Topliss-reactive ketones (excluding diaryl/α,β-unsaturated/α-hetero) is 1. The molecular weight excluding hydrogens is 533 g/mol. The fraction of sp³-hybridized carbons (Fsp3) is 0.483. The van der Waals surface area contributed by atoms with Crippen molar-refractivity contribution >= 4 is 5.78 Å². The average molecular weight is 566 g/mol. The van der Waals surface area contributed by atoms with Crippen LogP contribution in [0.3, 0.4) is 0 Å². The highest BCUT2D eigenvalue weighted by Gasteiger charge is 2.41. The lowest BCUT2D eigenvalue weighted by Gasteiger charge is -2.40. The Morgan fingerprint density at radius 2 is 1.68 bits per heavy atom. The van der Waals surface area contributed by atoms with Crippen LogP contribution < -0.4 is 5.32 Å². The van der Waals surface area contributed by atoms with Crippen molar-refractivity contribution in [2.75, 3.05) is 6.54 Å². The molecule has 0 spiro atoms. The number of carbonyl (C=O) groups excluding carboxylic acids is 1. The molecule has 1 aromatic heterocycles. The van der Waals surface area contributed by atoms with Crippen molar-refractivity contribution in [3.63, 3.8) is 0 Å². The van der Waals surface area contributed by atoms with E-state index in [2.05, 4.69) is 42.4 Å². The van der Waals surface area contributed by atoms with Crippen LogP contribution in [0, 0.1) is 11.6 Å². The second kappa shape index (κ2) is 11.4. The van der Waals surface area contributed by atoms with Crippen molar-refractivity contribution in [2.45, 2.75) is 82.0 Å². The number of hydrogen-bond acceptors (Lipinski definition) is 6. The van der Waals surface area contributed by atoms with Crippen molar-refractivity contribution in [1.82, 2.24) is 15.5 Å². The van der Waals surface area contributed by atoms with Crippen molar-refractivity contribution in [1.29, 1.82) is 0 Å². The molecule has 0 radical (unpaired) electrons. The first-order valence-electron chi connectivity index (χ1n) is 13.1. The normalized spacial score (nSPS) is 17.6. The Kier molecular flexibility index (Phi) is 8.46. The summed E-state index contributed by atoms with van der Waals surface area (Å²) >= 11 is 0. The van der Waals surface area contributed by atoms with Gasteiger partial charge in [-0.3, -0.25) is 4.79 Å². The summed E-state index contributed by atoms with van der Waals surface area (Å²) in [4.78, 5) is 12.1. The van der Waals surface area contributed by atoms with Gasteiger partial charge in [0.05, 0.1) is 12.0 Å². The molecule has 2 N–H and O–H groups in total. The van der Waals surface area contributed by atoms with Crippen LogP contribution in [0.4, 0.5) is 22.0 Å². The van der Waals surface area contributed by atoms with Crippen LogP contribution in [0.5, 0.6) is 0 Å². The molecule has 1 aliphatic carbocycles. The summed E-state index contributed by atoms with van der Waals surface area (Å²) in [5.41, 5.74) is 1.29. The topological polar surface area (TPSA) is 88.2 Å². The molecule has 1 fully saturated rings. The smallest absolute Gasteiger partial charge is 0.417 e. The number of aromatic nitrogens is 2. The highest BCUT2D eigenvalue weighted by atomic mass is 19.4. The predicted octanol–water partition coefficient (Wildman–Crippen LogP) is 5.98. The van der Waals surface area contributed by atoms with E-state index < -0.39 is 47.2 Å². The van der Waals surface area contributed by atoms with Crippen molar-refractivity contribution in [3.8, 4) is 0 Å². The molecule has 2 unspecified atom stereocenters. The van der Waals surface area contributed by atoms with Gasteiger partial charge < -0.3 is 14.8 Å². The maximum atomic E-state index is 13.9. The Bertz CT molecular complexity index is 1320. The Labute approximate surface area is 229 Å². The number of aliphatic hydroxyl groups is 1. The van der Waals surface area contributed by atoms with Crippen LogP contribution in [-0.4, -0.2) is 33.7 Å². The van der Waals surface area contributed by atoms with Gasteiger partial charge in [0, 0.05) is 31.0 Å². The number of hydrogen-bond donors (Lipinski definition) is 2. The van der Waals surface area contributed by atoms with Gasteiger partial charge in [0.2, 0.25) is 5.89 Å². The van der Waals surface area contributed by atoms with Crippen LogP contribution in [0.25, 0.3) is 0 Å². The summed E-state index contributed by atoms with van der Waals surface area (Å²) in [5.74, 6) is -4.91. The number of halogens is 5. The Morgan fingerprint density at radius 1 is 1.02 bits per heavy atom. The molecular formula is C29H32F5N3O3. The van der Waals surface area contributed by atoms with E-state index >= 15 is 0 Å². The van der Waals surface area contributed by atoms with E-state index in [4.69, 9.17) is 4.42 Å². The minimum absolute atomic E-state index is 0.101. The molecule has 4 rings (SSSR count). The van der Waals surface area contributed by atoms with Gasteiger partial charge in [-0.15, -0.1) is 10.2 Å². The molecule has 6 nitrogen and oxygen atoms in total. The fourth-order valence-corrected chi connectivity index (χ4v) is 5.12. The summed E-state index contributed by atoms with van der Waals surface area (Å²) < 4.78 is 72.2. The molecule has 2 aromatic carbocycles. The average Bonchev–Trinajstić information content (AvgIpc) is 3.37. The number of ketones is 1. The number of nitrogens with zero attached hydrogens (tertiary/aromatic N) is 2. The SMILES string of the molecule is CC(C)(C)c1cccc(C2(NCC(O)C(Cc3cc(F)cc(F)c3)c3nnc(C(F)(F)F)o3)CCC(=O)CC2)c1. The molecule has 216 valence electrons. The third-order valence-electron chi connectivity index (χ3n) is 7.43. The van der Waals surface area contributed by atoms with Crippen LogP contribution in [0.2, 0.25) is 0 Å². The zero-order valence-electron chi connectivity index (χ0n) is 22.5. The van der Waals surface area contributed by atoms with E-state index in [0.29, 0.717) is 31.7 Å². The largest absolute Gasteiger partial charge is 0.470 e. The van der Waals surface area contributed by atoms with Crippen LogP contribution in [0.15, 0.2) is 46.9 Å². The van der Waals surface area contributed by atoms with Gasteiger partial charge in [-0.2, -0.15) is 13.2 Å². The van der Waals surface area contributed by atoms with Gasteiger partial charge in [-0.25, -0.2) is 8.78 Å². The maximum absolute atomic E-state index is 13.9. The molecule has 1 heterocycles. The number of benzene rings is 2. The molecule has 0 bridgehead atoms. The minimum Gasteiger partial charge on any atom is -0.417 e. The number of alkyl halides is 3. The first kappa shape index (κ1) is 29.8. The first-order chi connectivity index (χ1) is 18.7. The standard InChI is InChI=1S/C29H32F5N3O3/c1-27(2,3)18-5-4-6-19(14-18)28(9-7-22(38)8-10-28)35-16-24(39)23(13-17-11-20(30)15-21(31)12-17)25-36-37-26(40-25)29(32,33)34/h4-6,11-12,14-15,23-24,35,39H,7-10,13,16H2,1-3H3. The van der Waals surface area contributed by atoms with Gasteiger partial charge in [-0.05, 0) is 53.5 Å².